The fraction of sp³-hybridized carbons (Fsp3) is 0.364. The first-order valence-corrected chi connectivity index (χ1v) is 13.9. The molecule has 0 amide bonds. The van der Waals surface area contributed by atoms with Crippen molar-refractivity contribution >= 4 is 5.71 Å². The Morgan fingerprint density at radius 1 is 0.895 bits per heavy atom. The van der Waals surface area contributed by atoms with Gasteiger partial charge in [0.2, 0.25) is 6.23 Å². The highest BCUT2D eigenvalue weighted by molar-refractivity contribution is 6.02. The number of fused-ring (bicyclic) bond motifs is 3. The van der Waals surface area contributed by atoms with E-state index < -0.39 is 0 Å². The summed E-state index contributed by atoms with van der Waals surface area (Å²) in [5, 5.41) is 7.20. The Hall–Kier alpha value is -3.73. The lowest BCUT2D eigenvalue weighted by molar-refractivity contribution is -0.0190. The number of nitrogens with zero attached hydrogens (tertiary/aromatic N) is 2. The SMILES string of the molecule is C=CCOc1ccc(C2=NN3[C@@H](c4ccc(OCCCCCCCC)cc4)Oc4ccccc4[C@@H]3C2)cc1. The average Bonchev–Trinajstić information content (AvgIpc) is 3.42. The molecule has 0 saturated carbocycles. The summed E-state index contributed by atoms with van der Waals surface area (Å²) in [6.07, 6.45) is 9.84. The van der Waals surface area contributed by atoms with E-state index in [1.165, 1.54) is 37.7 Å². The summed E-state index contributed by atoms with van der Waals surface area (Å²) in [4.78, 5) is 0. The Morgan fingerprint density at radius 3 is 2.39 bits per heavy atom. The second-order valence-electron chi connectivity index (χ2n) is 9.96. The summed E-state index contributed by atoms with van der Waals surface area (Å²) in [5.74, 6) is 2.65. The fourth-order valence-corrected chi connectivity index (χ4v) is 5.13. The van der Waals surface area contributed by atoms with E-state index in [-0.39, 0.29) is 12.3 Å². The van der Waals surface area contributed by atoms with Crippen molar-refractivity contribution in [1.29, 1.82) is 0 Å². The number of hydrogen-bond donors (Lipinski definition) is 0. The second kappa shape index (κ2) is 12.7. The normalized spacial score (nSPS) is 17.7. The van der Waals surface area contributed by atoms with Crippen LogP contribution in [0.15, 0.2) is 90.6 Å². The van der Waals surface area contributed by atoms with Crippen molar-refractivity contribution in [1.82, 2.24) is 5.01 Å². The number of ether oxygens (including phenoxy) is 3. The molecule has 5 rings (SSSR count). The van der Waals surface area contributed by atoms with E-state index in [9.17, 15) is 0 Å². The molecule has 0 aliphatic carbocycles. The predicted octanol–water partition coefficient (Wildman–Crippen LogP) is 8.23. The summed E-state index contributed by atoms with van der Waals surface area (Å²) in [6.45, 7) is 7.22. The molecular formula is C33H38N2O3. The molecule has 198 valence electrons. The number of benzene rings is 3. The molecule has 38 heavy (non-hydrogen) atoms. The van der Waals surface area contributed by atoms with Crippen molar-refractivity contribution < 1.29 is 14.2 Å². The third-order valence-electron chi connectivity index (χ3n) is 7.19. The quantitative estimate of drug-likeness (QED) is 0.172. The maximum Gasteiger partial charge on any atom is 0.213 e. The van der Waals surface area contributed by atoms with Gasteiger partial charge in [0, 0.05) is 17.5 Å². The largest absolute Gasteiger partial charge is 0.494 e. The van der Waals surface area contributed by atoms with Crippen LogP contribution in [0.1, 0.15) is 80.8 Å². The molecule has 0 radical (unpaired) electrons. The van der Waals surface area contributed by atoms with Crippen LogP contribution in [0.3, 0.4) is 0 Å². The van der Waals surface area contributed by atoms with Crippen LogP contribution in [0.4, 0.5) is 0 Å². The van der Waals surface area contributed by atoms with Crippen LogP contribution in [0.2, 0.25) is 0 Å². The zero-order chi connectivity index (χ0) is 26.2. The van der Waals surface area contributed by atoms with Gasteiger partial charge in [-0.2, -0.15) is 5.10 Å². The van der Waals surface area contributed by atoms with Crippen LogP contribution >= 0.6 is 0 Å². The van der Waals surface area contributed by atoms with Gasteiger partial charge in [-0.05, 0) is 66.6 Å². The van der Waals surface area contributed by atoms with Crippen LogP contribution < -0.4 is 14.2 Å². The molecule has 0 unspecified atom stereocenters. The number of hydrogen-bond acceptors (Lipinski definition) is 5. The van der Waals surface area contributed by atoms with E-state index >= 15 is 0 Å². The summed E-state index contributed by atoms with van der Waals surface area (Å²) in [5.41, 5.74) is 4.39. The monoisotopic (exact) mass is 510 g/mol. The van der Waals surface area contributed by atoms with Gasteiger partial charge < -0.3 is 14.2 Å². The van der Waals surface area contributed by atoms with Gasteiger partial charge in [-0.1, -0.05) is 69.9 Å². The molecule has 2 atom stereocenters. The zero-order valence-electron chi connectivity index (χ0n) is 22.4. The minimum Gasteiger partial charge on any atom is -0.494 e. The Balaban J connectivity index is 1.29. The Kier molecular flexibility index (Phi) is 8.64. The zero-order valence-corrected chi connectivity index (χ0v) is 22.4. The first kappa shape index (κ1) is 25.9. The third kappa shape index (κ3) is 6.04. The highest BCUT2D eigenvalue weighted by atomic mass is 16.5. The number of para-hydroxylation sites is 1. The fourth-order valence-electron chi connectivity index (χ4n) is 5.13. The van der Waals surface area contributed by atoms with Crippen LogP contribution in [0.25, 0.3) is 0 Å². The lowest BCUT2D eigenvalue weighted by Crippen LogP contribution is -2.33. The molecule has 5 heteroatoms. The summed E-state index contributed by atoms with van der Waals surface area (Å²) in [6, 6.07) is 24.9. The van der Waals surface area contributed by atoms with Crippen molar-refractivity contribution in [3.8, 4) is 17.2 Å². The molecular weight excluding hydrogens is 472 g/mol. The smallest absolute Gasteiger partial charge is 0.213 e. The molecule has 0 spiro atoms. The van der Waals surface area contributed by atoms with E-state index in [2.05, 4.69) is 61.0 Å². The summed E-state index contributed by atoms with van der Waals surface area (Å²) >= 11 is 0. The van der Waals surface area contributed by atoms with E-state index in [0.29, 0.717) is 6.61 Å². The molecule has 0 saturated heterocycles. The van der Waals surface area contributed by atoms with Gasteiger partial charge in [-0.15, -0.1) is 0 Å². The van der Waals surface area contributed by atoms with Gasteiger partial charge >= 0.3 is 0 Å². The lowest BCUT2D eigenvalue weighted by atomic mass is 9.96. The van der Waals surface area contributed by atoms with E-state index in [4.69, 9.17) is 19.3 Å². The van der Waals surface area contributed by atoms with Gasteiger partial charge in [0.15, 0.2) is 0 Å². The molecule has 2 heterocycles. The van der Waals surface area contributed by atoms with E-state index in [1.54, 1.807) is 6.08 Å². The first-order chi connectivity index (χ1) is 18.8. The molecule has 3 aromatic carbocycles. The number of rotatable bonds is 13. The molecule has 0 N–H and O–H groups in total. The van der Waals surface area contributed by atoms with Gasteiger partial charge in [0.25, 0.3) is 0 Å². The summed E-state index contributed by atoms with van der Waals surface area (Å²) in [7, 11) is 0. The number of hydrazone groups is 1. The highest BCUT2D eigenvalue weighted by Crippen LogP contribution is 2.47. The molecule has 2 aliphatic heterocycles. The molecule has 0 bridgehead atoms. The van der Waals surface area contributed by atoms with E-state index in [1.807, 2.05) is 30.3 Å². The molecule has 0 fully saturated rings. The van der Waals surface area contributed by atoms with E-state index in [0.717, 1.165) is 53.5 Å². The minimum absolute atomic E-state index is 0.125. The lowest BCUT2D eigenvalue weighted by Gasteiger charge is -2.38. The number of unbranched alkanes of at least 4 members (excludes halogenated alkanes) is 5. The second-order valence-corrected chi connectivity index (χ2v) is 9.96. The van der Waals surface area contributed by atoms with Crippen molar-refractivity contribution in [2.24, 2.45) is 5.10 Å². The Morgan fingerprint density at radius 2 is 1.61 bits per heavy atom. The molecule has 2 aliphatic rings. The maximum atomic E-state index is 6.51. The van der Waals surface area contributed by atoms with Gasteiger partial charge in [0.05, 0.1) is 18.4 Å². The third-order valence-corrected chi connectivity index (χ3v) is 7.19. The molecule has 0 aromatic heterocycles. The average molecular weight is 511 g/mol. The van der Waals surface area contributed by atoms with Crippen LogP contribution in [0.5, 0.6) is 17.2 Å². The van der Waals surface area contributed by atoms with Crippen molar-refractivity contribution in [3.63, 3.8) is 0 Å². The van der Waals surface area contributed by atoms with Gasteiger partial charge in [-0.25, -0.2) is 5.01 Å². The van der Waals surface area contributed by atoms with Crippen LogP contribution in [0, 0.1) is 0 Å². The van der Waals surface area contributed by atoms with Crippen molar-refractivity contribution in [2.75, 3.05) is 13.2 Å². The standard InChI is InChI=1S/C33H38N2O3/c1-3-5-6-7-8-11-23-37-28-20-16-26(17-21-28)33-35-31(29-12-9-10-13-32(29)38-33)24-30(34-35)25-14-18-27(19-15-25)36-22-4-2/h4,9-10,12-21,31,33H,2-3,5-8,11,22-24H2,1H3/t31-,33+/m0/s1. The predicted molar refractivity (Wildman–Crippen MR) is 153 cm³/mol. The Bertz CT molecular complexity index is 1220. The Labute approximate surface area is 226 Å². The van der Waals surface area contributed by atoms with Crippen molar-refractivity contribution in [2.45, 2.75) is 64.1 Å². The van der Waals surface area contributed by atoms with Crippen molar-refractivity contribution in [3.05, 3.63) is 102 Å². The van der Waals surface area contributed by atoms with Gasteiger partial charge in [0.1, 0.15) is 23.9 Å². The molecule has 3 aromatic rings. The van der Waals surface area contributed by atoms with Gasteiger partial charge in [-0.3, -0.25) is 0 Å². The first-order valence-electron chi connectivity index (χ1n) is 13.9. The maximum absolute atomic E-state index is 6.51. The minimum atomic E-state index is -0.296. The topological polar surface area (TPSA) is 43.3 Å². The van der Waals surface area contributed by atoms with Crippen LogP contribution in [-0.4, -0.2) is 23.9 Å². The summed E-state index contributed by atoms with van der Waals surface area (Å²) < 4.78 is 18.2. The highest BCUT2D eigenvalue weighted by Gasteiger charge is 2.40. The molecule has 5 nitrogen and oxygen atoms in total. The van der Waals surface area contributed by atoms with Crippen LogP contribution in [-0.2, 0) is 0 Å².